The van der Waals surface area contributed by atoms with Crippen molar-refractivity contribution in [1.29, 1.82) is 0 Å². The Bertz CT molecular complexity index is 766. The van der Waals surface area contributed by atoms with Crippen molar-refractivity contribution in [1.82, 2.24) is 14.5 Å². The van der Waals surface area contributed by atoms with E-state index in [0.717, 1.165) is 50.0 Å². The minimum Gasteiger partial charge on any atom is -0.494 e. The van der Waals surface area contributed by atoms with E-state index < -0.39 is 0 Å². The summed E-state index contributed by atoms with van der Waals surface area (Å²) in [5, 5.41) is 0. The number of carbonyl (C=O) groups excluding carboxylic acids is 1. The van der Waals surface area contributed by atoms with Crippen LogP contribution in [0.4, 0.5) is 0 Å². The highest BCUT2D eigenvalue weighted by Crippen LogP contribution is 2.33. The molecule has 1 amide bonds. The molecule has 2 fully saturated rings. The maximum absolute atomic E-state index is 13.0. The highest BCUT2D eigenvalue weighted by molar-refractivity contribution is 5.94. The Hall–Kier alpha value is -2.30. The van der Waals surface area contributed by atoms with E-state index in [9.17, 15) is 4.79 Å². The van der Waals surface area contributed by atoms with Crippen LogP contribution >= 0.6 is 0 Å². The Morgan fingerprint density at radius 2 is 2.19 bits per heavy atom. The number of likely N-dealkylation sites (tertiary alicyclic amines) is 1. The topological polar surface area (TPSA) is 47.4 Å². The summed E-state index contributed by atoms with van der Waals surface area (Å²) in [4.78, 5) is 19.6. The van der Waals surface area contributed by atoms with E-state index in [2.05, 4.69) is 15.7 Å². The van der Waals surface area contributed by atoms with Crippen molar-refractivity contribution in [2.24, 2.45) is 5.92 Å². The molecule has 1 saturated carbocycles. The molecule has 1 atom stereocenters. The molecule has 2 heterocycles. The lowest BCUT2D eigenvalue weighted by molar-refractivity contribution is 0.0702. The molecule has 2 aliphatic rings. The largest absolute Gasteiger partial charge is 0.494 e. The fourth-order valence-electron chi connectivity index (χ4n) is 3.85. The van der Waals surface area contributed by atoms with E-state index >= 15 is 0 Å². The van der Waals surface area contributed by atoms with Gasteiger partial charge in [-0.25, -0.2) is 4.98 Å². The van der Waals surface area contributed by atoms with Gasteiger partial charge < -0.3 is 14.2 Å². The number of hydrogen-bond donors (Lipinski definition) is 0. The summed E-state index contributed by atoms with van der Waals surface area (Å²) in [7, 11) is 0. The van der Waals surface area contributed by atoms with Crippen LogP contribution in [0.2, 0.25) is 0 Å². The van der Waals surface area contributed by atoms with Gasteiger partial charge in [-0.3, -0.25) is 4.79 Å². The number of rotatable bonds is 6. The van der Waals surface area contributed by atoms with Crippen LogP contribution < -0.4 is 4.74 Å². The van der Waals surface area contributed by atoms with Gasteiger partial charge in [0.2, 0.25) is 0 Å². The fraction of sp³-hybridized carbons (Fsp3) is 0.524. The number of amides is 1. The monoisotopic (exact) mass is 353 g/mol. The molecule has 5 heteroatoms. The van der Waals surface area contributed by atoms with Gasteiger partial charge in [0.25, 0.3) is 5.91 Å². The quantitative estimate of drug-likeness (QED) is 0.795. The van der Waals surface area contributed by atoms with Crippen LogP contribution in [0.1, 0.15) is 54.7 Å². The highest BCUT2D eigenvalue weighted by atomic mass is 16.5. The van der Waals surface area contributed by atoms with Gasteiger partial charge in [0.1, 0.15) is 11.6 Å². The second-order valence-electron chi connectivity index (χ2n) is 7.43. The minimum absolute atomic E-state index is 0.0940. The predicted molar refractivity (Wildman–Crippen MR) is 100 cm³/mol. The zero-order chi connectivity index (χ0) is 17.9. The van der Waals surface area contributed by atoms with Crippen LogP contribution in [-0.4, -0.2) is 40.1 Å². The standard InChI is InChI=1S/C21H27N3O2/c1-2-26-19-7-3-5-17(13-19)21(25)24-11-4-6-18(15-24)20-22-10-12-23(20)14-16-8-9-16/h3,5,7,10,12-13,16,18H,2,4,6,8-9,11,14-15H2,1H3/t18-/m0/s1. The van der Waals surface area contributed by atoms with Crippen LogP contribution in [0.3, 0.4) is 0 Å². The maximum Gasteiger partial charge on any atom is 0.254 e. The van der Waals surface area contributed by atoms with Gasteiger partial charge in [-0.05, 0) is 56.7 Å². The molecule has 2 aromatic rings. The number of hydrogen-bond acceptors (Lipinski definition) is 3. The SMILES string of the molecule is CCOc1cccc(C(=O)N2CCC[C@H](c3nccn3CC3CC3)C2)c1. The van der Waals surface area contributed by atoms with Crippen molar-refractivity contribution in [2.45, 2.75) is 45.1 Å². The summed E-state index contributed by atoms with van der Waals surface area (Å²) < 4.78 is 7.85. The summed E-state index contributed by atoms with van der Waals surface area (Å²) in [5.74, 6) is 3.16. The molecule has 0 N–H and O–H groups in total. The number of nitrogens with zero attached hydrogens (tertiary/aromatic N) is 3. The smallest absolute Gasteiger partial charge is 0.254 e. The number of benzene rings is 1. The first-order valence-corrected chi connectivity index (χ1v) is 9.77. The number of ether oxygens (including phenoxy) is 1. The number of aromatic nitrogens is 2. The Kier molecular flexibility index (Phi) is 4.96. The summed E-state index contributed by atoms with van der Waals surface area (Å²) in [6.07, 6.45) is 8.80. The van der Waals surface area contributed by atoms with E-state index in [4.69, 9.17) is 4.74 Å². The number of piperidine rings is 1. The lowest BCUT2D eigenvalue weighted by Crippen LogP contribution is -2.39. The molecule has 5 nitrogen and oxygen atoms in total. The third kappa shape index (κ3) is 3.76. The number of carbonyl (C=O) groups is 1. The Morgan fingerprint density at radius 1 is 1.31 bits per heavy atom. The van der Waals surface area contributed by atoms with Crippen LogP contribution in [0.15, 0.2) is 36.7 Å². The van der Waals surface area contributed by atoms with Crippen molar-refractivity contribution in [3.63, 3.8) is 0 Å². The van der Waals surface area contributed by atoms with Gasteiger partial charge in [0, 0.05) is 43.5 Å². The molecular formula is C21H27N3O2. The van der Waals surface area contributed by atoms with E-state index in [-0.39, 0.29) is 5.91 Å². The molecule has 1 aliphatic heterocycles. The molecule has 0 spiro atoms. The molecule has 0 radical (unpaired) electrons. The number of imidazole rings is 1. The van der Waals surface area contributed by atoms with Gasteiger partial charge in [-0.2, -0.15) is 0 Å². The predicted octanol–water partition coefficient (Wildman–Crippen LogP) is 3.71. The van der Waals surface area contributed by atoms with E-state index in [0.29, 0.717) is 18.1 Å². The Morgan fingerprint density at radius 3 is 3.00 bits per heavy atom. The van der Waals surface area contributed by atoms with Crippen LogP contribution in [0.5, 0.6) is 5.75 Å². The van der Waals surface area contributed by atoms with Crippen LogP contribution in [0.25, 0.3) is 0 Å². The van der Waals surface area contributed by atoms with Gasteiger partial charge in [0.15, 0.2) is 0 Å². The zero-order valence-corrected chi connectivity index (χ0v) is 15.4. The third-order valence-corrected chi connectivity index (χ3v) is 5.37. The molecule has 1 saturated heterocycles. The molecule has 1 aromatic carbocycles. The average molecular weight is 353 g/mol. The van der Waals surface area contributed by atoms with Crippen molar-refractivity contribution >= 4 is 5.91 Å². The molecule has 1 aliphatic carbocycles. The fourth-order valence-corrected chi connectivity index (χ4v) is 3.85. The van der Waals surface area contributed by atoms with Crippen molar-refractivity contribution in [2.75, 3.05) is 19.7 Å². The first-order valence-electron chi connectivity index (χ1n) is 9.77. The van der Waals surface area contributed by atoms with Crippen molar-refractivity contribution in [3.8, 4) is 5.75 Å². The average Bonchev–Trinajstić information content (AvgIpc) is 3.37. The third-order valence-electron chi connectivity index (χ3n) is 5.37. The lowest BCUT2D eigenvalue weighted by atomic mass is 9.96. The second-order valence-corrected chi connectivity index (χ2v) is 7.43. The summed E-state index contributed by atoms with van der Waals surface area (Å²) in [6.45, 7) is 5.20. The van der Waals surface area contributed by atoms with Gasteiger partial charge >= 0.3 is 0 Å². The molecule has 1 aromatic heterocycles. The Labute approximate surface area is 155 Å². The molecule has 0 unspecified atom stereocenters. The minimum atomic E-state index is 0.0940. The van der Waals surface area contributed by atoms with Gasteiger partial charge in [-0.15, -0.1) is 0 Å². The van der Waals surface area contributed by atoms with Crippen LogP contribution in [-0.2, 0) is 6.54 Å². The second kappa shape index (κ2) is 7.52. The Balaban J connectivity index is 1.47. The van der Waals surface area contributed by atoms with E-state index in [1.54, 1.807) is 0 Å². The molecule has 4 rings (SSSR count). The first kappa shape index (κ1) is 17.1. The zero-order valence-electron chi connectivity index (χ0n) is 15.4. The summed E-state index contributed by atoms with van der Waals surface area (Å²) in [5.41, 5.74) is 0.706. The maximum atomic E-state index is 13.0. The first-order chi connectivity index (χ1) is 12.7. The normalized spacial score (nSPS) is 20.2. The van der Waals surface area contributed by atoms with Gasteiger partial charge in [-0.1, -0.05) is 6.07 Å². The highest BCUT2D eigenvalue weighted by Gasteiger charge is 2.29. The van der Waals surface area contributed by atoms with Gasteiger partial charge in [0.05, 0.1) is 6.61 Å². The molecule has 26 heavy (non-hydrogen) atoms. The van der Waals surface area contributed by atoms with E-state index in [1.165, 1.54) is 12.8 Å². The lowest BCUT2D eigenvalue weighted by Gasteiger charge is -2.33. The van der Waals surface area contributed by atoms with Crippen molar-refractivity contribution < 1.29 is 9.53 Å². The molecular weight excluding hydrogens is 326 g/mol. The molecule has 0 bridgehead atoms. The van der Waals surface area contributed by atoms with E-state index in [1.807, 2.05) is 42.3 Å². The van der Waals surface area contributed by atoms with Crippen LogP contribution in [0, 0.1) is 5.92 Å². The summed E-state index contributed by atoms with van der Waals surface area (Å²) >= 11 is 0. The summed E-state index contributed by atoms with van der Waals surface area (Å²) in [6, 6.07) is 7.52. The molecule has 138 valence electrons. The van der Waals surface area contributed by atoms with Crippen molar-refractivity contribution in [3.05, 3.63) is 48.0 Å².